The van der Waals surface area contributed by atoms with E-state index >= 15 is 0 Å². The second-order valence-corrected chi connectivity index (χ2v) is 7.88. The van der Waals surface area contributed by atoms with E-state index in [9.17, 15) is 13.2 Å². The Morgan fingerprint density at radius 3 is 2.73 bits per heavy atom. The third kappa shape index (κ3) is 2.50. The van der Waals surface area contributed by atoms with E-state index in [1.807, 2.05) is 0 Å². The van der Waals surface area contributed by atoms with Crippen molar-refractivity contribution in [2.75, 3.05) is 0 Å². The average Bonchev–Trinajstić information content (AvgIpc) is 3.14. The van der Waals surface area contributed by atoms with E-state index in [1.165, 1.54) is 12.1 Å². The molecule has 0 atom stereocenters. The van der Waals surface area contributed by atoms with Crippen molar-refractivity contribution in [3.05, 3.63) is 52.5 Å². The van der Waals surface area contributed by atoms with Crippen LogP contribution in [-0.2, 0) is 10.0 Å². The number of amides is 1. The van der Waals surface area contributed by atoms with Gasteiger partial charge in [-0.05, 0) is 35.7 Å². The summed E-state index contributed by atoms with van der Waals surface area (Å²) < 4.78 is 24.7. The van der Waals surface area contributed by atoms with Crippen LogP contribution in [0.5, 0.6) is 0 Å². The van der Waals surface area contributed by atoms with E-state index in [1.54, 1.807) is 29.6 Å². The number of benzene rings is 1. The Bertz CT molecular complexity index is 948. The summed E-state index contributed by atoms with van der Waals surface area (Å²) in [6.45, 7) is 0. The second-order valence-electron chi connectivity index (χ2n) is 4.45. The lowest BCUT2D eigenvalue weighted by molar-refractivity contribution is 0.0857. The zero-order chi connectivity index (χ0) is 15.9. The van der Waals surface area contributed by atoms with Crippen LogP contribution < -0.4 is 5.84 Å². The fraction of sp³-hybridized carbons (Fsp3) is 0. The maximum atomic E-state index is 12.3. The Labute approximate surface area is 135 Å². The molecular formula is C13H10ClN3O3S2. The number of thiophene rings is 1. The van der Waals surface area contributed by atoms with Gasteiger partial charge in [0, 0.05) is 15.9 Å². The number of fused-ring (bicyclic) bond motifs is 1. The number of rotatable bonds is 3. The molecule has 0 aliphatic heterocycles. The zero-order valence-electron chi connectivity index (χ0n) is 11.0. The number of hydrogen-bond donors (Lipinski definition) is 2. The maximum Gasteiger partial charge on any atom is 0.298 e. The minimum atomic E-state index is -4.05. The van der Waals surface area contributed by atoms with E-state index in [0.29, 0.717) is 15.9 Å². The molecule has 0 saturated carbocycles. The Balaban J connectivity index is 1.98. The summed E-state index contributed by atoms with van der Waals surface area (Å²) in [5.41, 5.74) is 0.731. The number of carbonyl (C=O) groups is 1. The van der Waals surface area contributed by atoms with Crippen LogP contribution in [0.3, 0.4) is 0 Å². The van der Waals surface area contributed by atoms with Gasteiger partial charge in [-0.15, -0.1) is 11.3 Å². The summed E-state index contributed by atoms with van der Waals surface area (Å²) >= 11 is 6.87. The molecule has 3 aromatic rings. The molecule has 1 aromatic carbocycles. The lowest BCUT2D eigenvalue weighted by Gasteiger charge is -2.14. The van der Waals surface area contributed by atoms with Gasteiger partial charge in [-0.2, -0.15) is 12.8 Å². The first-order chi connectivity index (χ1) is 10.4. The van der Waals surface area contributed by atoms with Gasteiger partial charge in [0.2, 0.25) is 0 Å². The third-order valence-electron chi connectivity index (χ3n) is 3.02. The smallest absolute Gasteiger partial charge is 0.298 e. The number of halogens is 1. The maximum absolute atomic E-state index is 12.3. The molecule has 3 N–H and O–H groups in total. The van der Waals surface area contributed by atoms with Crippen LogP contribution in [0.1, 0.15) is 10.5 Å². The van der Waals surface area contributed by atoms with Gasteiger partial charge >= 0.3 is 0 Å². The number of sulfonamides is 1. The lowest BCUT2D eigenvalue weighted by atomic mass is 10.2. The number of aromatic amines is 1. The molecule has 9 heteroatoms. The Hall–Kier alpha value is -1.87. The number of nitrogens with one attached hydrogen (secondary N) is 1. The Morgan fingerprint density at radius 1 is 1.27 bits per heavy atom. The minimum absolute atomic E-state index is 0.00232. The van der Waals surface area contributed by atoms with Gasteiger partial charge in [-0.1, -0.05) is 17.7 Å². The highest BCUT2D eigenvalue weighted by Crippen LogP contribution is 2.23. The third-order valence-corrected chi connectivity index (χ3v) is 6.17. The first kappa shape index (κ1) is 15.0. The molecule has 0 saturated heterocycles. The number of aromatic nitrogens is 1. The quantitative estimate of drug-likeness (QED) is 0.428. The van der Waals surface area contributed by atoms with Crippen molar-refractivity contribution >= 4 is 49.8 Å². The molecule has 0 aliphatic carbocycles. The molecule has 22 heavy (non-hydrogen) atoms. The van der Waals surface area contributed by atoms with Gasteiger partial charge in [0.15, 0.2) is 0 Å². The van der Waals surface area contributed by atoms with Crippen molar-refractivity contribution in [1.29, 1.82) is 0 Å². The molecular weight excluding hydrogens is 346 g/mol. The molecule has 0 aliphatic rings. The molecule has 0 spiro atoms. The second kappa shape index (κ2) is 5.40. The summed E-state index contributed by atoms with van der Waals surface area (Å²) in [5.74, 6) is 4.68. The largest absolute Gasteiger partial charge is 0.350 e. The van der Waals surface area contributed by atoms with Crippen molar-refractivity contribution in [3.8, 4) is 0 Å². The van der Waals surface area contributed by atoms with Crippen LogP contribution in [0.4, 0.5) is 0 Å². The average molecular weight is 356 g/mol. The summed E-state index contributed by atoms with van der Waals surface area (Å²) in [6, 6.07) is 9.49. The zero-order valence-corrected chi connectivity index (χ0v) is 13.4. The van der Waals surface area contributed by atoms with E-state index in [-0.39, 0.29) is 14.3 Å². The van der Waals surface area contributed by atoms with Gasteiger partial charge < -0.3 is 4.98 Å². The van der Waals surface area contributed by atoms with E-state index < -0.39 is 15.9 Å². The van der Waals surface area contributed by atoms with Crippen LogP contribution in [0.2, 0.25) is 5.02 Å². The lowest BCUT2D eigenvalue weighted by Crippen LogP contribution is -2.42. The predicted molar refractivity (Wildman–Crippen MR) is 85.2 cm³/mol. The molecule has 6 nitrogen and oxygen atoms in total. The van der Waals surface area contributed by atoms with Gasteiger partial charge in [-0.25, -0.2) is 5.84 Å². The molecule has 0 bridgehead atoms. The minimum Gasteiger partial charge on any atom is -0.350 e. The fourth-order valence-electron chi connectivity index (χ4n) is 1.95. The molecule has 3 rings (SSSR count). The number of hydrogen-bond acceptors (Lipinski definition) is 5. The highest BCUT2D eigenvalue weighted by atomic mass is 35.5. The van der Waals surface area contributed by atoms with Crippen LogP contribution in [-0.4, -0.2) is 23.7 Å². The van der Waals surface area contributed by atoms with Crippen LogP contribution in [0.25, 0.3) is 10.9 Å². The summed E-state index contributed by atoms with van der Waals surface area (Å²) in [4.78, 5) is 15.1. The van der Waals surface area contributed by atoms with Crippen molar-refractivity contribution < 1.29 is 13.2 Å². The van der Waals surface area contributed by atoms with Gasteiger partial charge in [0.05, 0.1) is 0 Å². The standard InChI is InChI=1S/C13H10ClN3O3S2/c14-9-3-4-10-8(6-9)7-11(16-10)13(18)17(15)22(19,20)12-2-1-5-21-12/h1-7,16H,15H2. The summed E-state index contributed by atoms with van der Waals surface area (Å²) in [7, 11) is -4.05. The Morgan fingerprint density at radius 2 is 2.05 bits per heavy atom. The van der Waals surface area contributed by atoms with Crippen molar-refractivity contribution in [3.63, 3.8) is 0 Å². The first-order valence-corrected chi connectivity index (χ1v) is 8.75. The topological polar surface area (TPSA) is 96.3 Å². The van der Waals surface area contributed by atoms with Crippen molar-refractivity contribution in [2.24, 2.45) is 5.84 Å². The Kier molecular flexibility index (Phi) is 3.69. The van der Waals surface area contributed by atoms with Crippen molar-refractivity contribution in [1.82, 2.24) is 9.40 Å². The highest BCUT2D eigenvalue weighted by Gasteiger charge is 2.29. The number of H-pyrrole nitrogens is 1. The normalized spacial score (nSPS) is 11.7. The fourth-order valence-corrected chi connectivity index (χ4v) is 4.24. The van der Waals surface area contributed by atoms with Crippen LogP contribution in [0, 0.1) is 0 Å². The van der Waals surface area contributed by atoms with E-state index in [2.05, 4.69) is 4.98 Å². The molecule has 2 aromatic heterocycles. The number of hydrazine groups is 1. The van der Waals surface area contributed by atoms with Crippen molar-refractivity contribution in [2.45, 2.75) is 4.21 Å². The highest BCUT2D eigenvalue weighted by molar-refractivity contribution is 7.91. The van der Waals surface area contributed by atoms with E-state index in [0.717, 1.165) is 11.3 Å². The van der Waals surface area contributed by atoms with Crippen LogP contribution in [0.15, 0.2) is 46.0 Å². The summed E-state index contributed by atoms with van der Waals surface area (Å²) in [5, 5.41) is 2.80. The molecule has 0 radical (unpaired) electrons. The molecule has 2 heterocycles. The predicted octanol–water partition coefficient (Wildman–Crippen LogP) is 2.59. The number of nitrogens with zero attached hydrogens (tertiary/aromatic N) is 1. The van der Waals surface area contributed by atoms with Crippen LogP contribution >= 0.6 is 22.9 Å². The SMILES string of the molecule is NN(C(=O)c1cc2cc(Cl)ccc2[nH]1)S(=O)(=O)c1cccs1. The van der Waals surface area contributed by atoms with E-state index in [4.69, 9.17) is 17.4 Å². The molecule has 114 valence electrons. The van der Waals surface area contributed by atoms with Gasteiger partial charge in [-0.3, -0.25) is 4.79 Å². The van der Waals surface area contributed by atoms with Gasteiger partial charge in [0.25, 0.3) is 15.9 Å². The first-order valence-electron chi connectivity index (χ1n) is 6.06. The van der Waals surface area contributed by atoms with Gasteiger partial charge in [0.1, 0.15) is 9.90 Å². The molecule has 0 fully saturated rings. The monoisotopic (exact) mass is 355 g/mol. The molecule has 1 amide bonds. The number of carbonyl (C=O) groups excluding carboxylic acids is 1. The number of nitrogens with two attached hydrogens (primary N) is 1. The molecule has 0 unspecified atom stereocenters. The summed E-state index contributed by atoms with van der Waals surface area (Å²) in [6.07, 6.45) is 0.